The maximum Gasteiger partial charge on any atom is 0.0545 e. The molecule has 14 heavy (non-hydrogen) atoms. The van der Waals surface area contributed by atoms with Crippen LogP contribution in [-0.2, 0) is 0 Å². The molecule has 0 aliphatic heterocycles. The Morgan fingerprint density at radius 1 is 1.50 bits per heavy atom. The second-order valence-electron chi connectivity index (χ2n) is 3.80. The number of halogens is 1. The lowest BCUT2D eigenvalue weighted by Crippen LogP contribution is -2.04. The third-order valence-electron chi connectivity index (χ3n) is 2.30. The molecule has 1 atom stereocenters. The van der Waals surface area contributed by atoms with Gasteiger partial charge in [0.05, 0.1) is 5.02 Å². The molecule has 0 bridgehead atoms. The van der Waals surface area contributed by atoms with Crippen molar-refractivity contribution >= 4 is 23.4 Å². The van der Waals surface area contributed by atoms with Crippen molar-refractivity contribution in [2.75, 3.05) is 0 Å². The third kappa shape index (κ3) is 2.44. The van der Waals surface area contributed by atoms with Gasteiger partial charge in [0.1, 0.15) is 0 Å². The van der Waals surface area contributed by atoms with E-state index in [2.05, 4.69) is 12.1 Å². The summed E-state index contributed by atoms with van der Waals surface area (Å²) >= 11 is 8.05. The van der Waals surface area contributed by atoms with Crippen molar-refractivity contribution in [2.24, 2.45) is 5.73 Å². The molecular weight excluding hydrogens is 214 g/mol. The molecule has 3 heteroatoms. The molecule has 0 saturated heterocycles. The van der Waals surface area contributed by atoms with Crippen LogP contribution < -0.4 is 5.73 Å². The second-order valence-corrected chi connectivity index (χ2v) is 5.55. The molecule has 2 rings (SSSR count). The fourth-order valence-corrected chi connectivity index (χ4v) is 2.63. The zero-order valence-corrected chi connectivity index (χ0v) is 9.74. The van der Waals surface area contributed by atoms with Gasteiger partial charge in [0.2, 0.25) is 0 Å². The van der Waals surface area contributed by atoms with E-state index in [0.717, 1.165) is 15.8 Å². The summed E-state index contributed by atoms with van der Waals surface area (Å²) in [5.41, 5.74) is 6.89. The van der Waals surface area contributed by atoms with Crippen LogP contribution in [0.2, 0.25) is 5.02 Å². The average Bonchev–Trinajstić information content (AvgIpc) is 2.92. The van der Waals surface area contributed by atoms with Crippen molar-refractivity contribution in [3.63, 3.8) is 0 Å². The van der Waals surface area contributed by atoms with Gasteiger partial charge in [-0.2, -0.15) is 0 Å². The van der Waals surface area contributed by atoms with Crippen molar-refractivity contribution in [2.45, 2.75) is 36.0 Å². The van der Waals surface area contributed by atoms with E-state index in [1.807, 2.05) is 24.8 Å². The molecule has 0 aromatic heterocycles. The molecule has 0 spiro atoms. The Hall–Kier alpha value is -0.180. The van der Waals surface area contributed by atoms with E-state index >= 15 is 0 Å². The van der Waals surface area contributed by atoms with E-state index in [0.29, 0.717) is 0 Å². The number of thioether (sulfide) groups is 1. The minimum absolute atomic E-state index is 0.0625. The van der Waals surface area contributed by atoms with Crippen molar-refractivity contribution in [1.29, 1.82) is 0 Å². The van der Waals surface area contributed by atoms with Crippen molar-refractivity contribution in [3.8, 4) is 0 Å². The van der Waals surface area contributed by atoms with Gasteiger partial charge in [-0.1, -0.05) is 17.7 Å². The topological polar surface area (TPSA) is 26.0 Å². The molecule has 76 valence electrons. The molecule has 1 aliphatic rings. The highest BCUT2D eigenvalue weighted by molar-refractivity contribution is 8.00. The predicted octanol–water partition coefficient (Wildman–Crippen LogP) is 3.61. The van der Waals surface area contributed by atoms with Crippen LogP contribution in [0.15, 0.2) is 23.1 Å². The zero-order valence-electron chi connectivity index (χ0n) is 8.16. The van der Waals surface area contributed by atoms with Gasteiger partial charge >= 0.3 is 0 Å². The van der Waals surface area contributed by atoms with Crippen LogP contribution in [-0.4, -0.2) is 5.25 Å². The highest BCUT2D eigenvalue weighted by atomic mass is 35.5. The summed E-state index contributed by atoms with van der Waals surface area (Å²) < 4.78 is 0. The van der Waals surface area contributed by atoms with Gasteiger partial charge in [-0.05, 0) is 37.5 Å². The van der Waals surface area contributed by atoms with Gasteiger partial charge in [-0.3, -0.25) is 0 Å². The van der Waals surface area contributed by atoms with E-state index in [4.69, 9.17) is 17.3 Å². The monoisotopic (exact) mass is 227 g/mol. The Balaban J connectivity index is 2.17. The Labute approximate surface area is 94.0 Å². The minimum Gasteiger partial charge on any atom is -0.324 e. The fraction of sp³-hybridized carbons (Fsp3) is 0.455. The molecule has 1 aromatic rings. The molecule has 1 fully saturated rings. The smallest absolute Gasteiger partial charge is 0.0545 e. The number of benzene rings is 1. The first-order valence-corrected chi connectivity index (χ1v) is 6.14. The largest absolute Gasteiger partial charge is 0.324 e. The van der Waals surface area contributed by atoms with E-state index in [9.17, 15) is 0 Å². The van der Waals surface area contributed by atoms with Crippen molar-refractivity contribution in [3.05, 3.63) is 28.8 Å². The van der Waals surface area contributed by atoms with Gasteiger partial charge in [-0.25, -0.2) is 0 Å². The Morgan fingerprint density at radius 3 is 2.71 bits per heavy atom. The van der Waals surface area contributed by atoms with Gasteiger partial charge in [0.25, 0.3) is 0 Å². The molecule has 0 radical (unpaired) electrons. The molecule has 0 heterocycles. The van der Waals surface area contributed by atoms with Crippen LogP contribution in [0.4, 0.5) is 0 Å². The van der Waals surface area contributed by atoms with Crippen LogP contribution in [0.5, 0.6) is 0 Å². The first kappa shape index (κ1) is 10.3. The summed E-state index contributed by atoms with van der Waals surface area (Å²) in [7, 11) is 0. The van der Waals surface area contributed by atoms with Gasteiger partial charge in [0, 0.05) is 16.2 Å². The van der Waals surface area contributed by atoms with Crippen LogP contribution >= 0.6 is 23.4 Å². The maximum absolute atomic E-state index is 6.17. The summed E-state index contributed by atoms with van der Waals surface area (Å²) in [5.74, 6) is 0. The molecular formula is C11H14ClNS. The Bertz CT molecular complexity index is 334. The molecule has 2 N–H and O–H groups in total. The van der Waals surface area contributed by atoms with Crippen molar-refractivity contribution in [1.82, 2.24) is 0 Å². The molecule has 0 amide bonds. The lowest BCUT2D eigenvalue weighted by atomic mass is 10.1. The zero-order chi connectivity index (χ0) is 10.1. The van der Waals surface area contributed by atoms with Crippen LogP contribution in [0.25, 0.3) is 0 Å². The summed E-state index contributed by atoms with van der Waals surface area (Å²) in [6, 6.07) is 6.20. The molecule has 1 aromatic carbocycles. The average molecular weight is 228 g/mol. The highest BCUT2D eigenvalue weighted by Crippen LogP contribution is 2.42. The minimum atomic E-state index is 0.0625. The molecule has 1 nitrogen and oxygen atoms in total. The number of hydrogen-bond acceptors (Lipinski definition) is 2. The molecule has 1 aliphatic carbocycles. The number of nitrogens with two attached hydrogens (primary N) is 1. The first-order chi connectivity index (χ1) is 6.66. The second kappa shape index (κ2) is 4.13. The first-order valence-electron chi connectivity index (χ1n) is 4.88. The van der Waals surface area contributed by atoms with Gasteiger partial charge in [0.15, 0.2) is 0 Å². The molecule has 1 saturated carbocycles. The van der Waals surface area contributed by atoms with E-state index in [-0.39, 0.29) is 6.04 Å². The predicted molar refractivity (Wildman–Crippen MR) is 62.9 cm³/mol. The van der Waals surface area contributed by atoms with Crippen molar-refractivity contribution < 1.29 is 0 Å². The Morgan fingerprint density at radius 2 is 2.21 bits per heavy atom. The quantitative estimate of drug-likeness (QED) is 0.854. The van der Waals surface area contributed by atoms with Gasteiger partial charge < -0.3 is 5.73 Å². The SMILES string of the molecule is CC(N)c1ccc(SC2CC2)c(Cl)c1. The lowest BCUT2D eigenvalue weighted by Gasteiger charge is -2.08. The van der Waals surface area contributed by atoms with Crippen LogP contribution in [0.3, 0.4) is 0 Å². The fourth-order valence-electron chi connectivity index (χ4n) is 1.26. The third-order valence-corrected chi connectivity index (χ3v) is 4.14. The molecule has 1 unspecified atom stereocenters. The number of hydrogen-bond donors (Lipinski definition) is 1. The normalized spacial score (nSPS) is 18.2. The van der Waals surface area contributed by atoms with Crippen LogP contribution in [0.1, 0.15) is 31.4 Å². The Kier molecular flexibility index (Phi) is 3.05. The van der Waals surface area contributed by atoms with Crippen LogP contribution in [0, 0.1) is 0 Å². The highest BCUT2D eigenvalue weighted by Gasteiger charge is 2.23. The summed E-state index contributed by atoms with van der Waals surface area (Å²) in [4.78, 5) is 1.19. The van der Waals surface area contributed by atoms with E-state index < -0.39 is 0 Å². The summed E-state index contributed by atoms with van der Waals surface area (Å²) in [5, 5.41) is 1.64. The van der Waals surface area contributed by atoms with E-state index in [1.54, 1.807) is 0 Å². The lowest BCUT2D eigenvalue weighted by molar-refractivity contribution is 0.817. The maximum atomic E-state index is 6.17. The summed E-state index contributed by atoms with van der Waals surface area (Å²) in [6.45, 7) is 1.97. The number of rotatable bonds is 3. The standard InChI is InChI=1S/C11H14ClNS/c1-7(13)8-2-5-11(10(12)6-8)14-9-3-4-9/h2,5-7,9H,3-4,13H2,1H3. The van der Waals surface area contributed by atoms with Gasteiger partial charge in [-0.15, -0.1) is 11.8 Å². The summed E-state index contributed by atoms with van der Waals surface area (Å²) in [6.07, 6.45) is 2.66. The van der Waals surface area contributed by atoms with E-state index in [1.165, 1.54) is 17.7 Å².